The molecule has 2 atom stereocenters. The van der Waals surface area contributed by atoms with E-state index in [9.17, 15) is 9.59 Å². The lowest BCUT2D eigenvalue weighted by Gasteiger charge is -2.13. The van der Waals surface area contributed by atoms with E-state index >= 15 is 0 Å². The Hall–Kier alpha value is -1.10. The highest BCUT2D eigenvalue weighted by atomic mass is 16.2. The van der Waals surface area contributed by atoms with Gasteiger partial charge in [-0.25, -0.2) is 0 Å². The molecule has 0 aliphatic carbocycles. The number of likely N-dealkylation sites (N-methyl/N-ethyl adjacent to an activating group) is 1. The van der Waals surface area contributed by atoms with Crippen LogP contribution < -0.4 is 16.4 Å². The number of nitrogens with one attached hydrogen (secondary N) is 2. The van der Waals surface area contributed by atoms with Crippen molar-refractivity contribution in [2.24, 2.45) is 11.7 Å². The molecule has 0 heterocycles. The van der Waals surface area contributed by atoms with E-state index in [1.807, 2.05) is 6.92 Å². The summed E-state index contributed by atoms with van der Waals surface area (Å²) >= 11 is 0. The molecule has 0 spiro atoms. The van der Waals surface area contributed by atoms with Gasteiger partial charge >= 0.3 is 0 Å². The van der Waals surface area contributed by atoms with Gasteiger partial charge in [0.2, 0.25) is 11.8 Å². The van der Waals surface area contributed by atoms with Gasteiger partial charge in [-0.05, 0) is 19.4 Å². The third kappa shape index (κ3) is 4.81. The summed E-state index contributed by atoms with van der Waals surface area (Å²) in [7, 11) is 1.54. The predicted octanol–water partition coefficient (Wildman–Crippen LogP) is -0.778. The van der Waals surface area contributed by atoms with Gasteiger partial charge < -0.3 is 16.4 Å². The maximum atomic E-state index is 11.3. The average molecular weight is 201 g/mol. The van der Waals surface area contributed by atoms with Gasteiger partial charge in [0.1, 0.15) is 6.04 Å². The van der Waals surface area contributed by atoms with Crippen molar-refractivity contribution in [3.8, 4) is 0 Å². The molecule has 0 aliphatic rings. The molecule has 0 radical (unpaired) electrons. The second-order valence-corrected chi connectivity index (χ2v) is 3.45. The molecular formula is C9H19N3O2. The number of hydrogen-bond acceptors (Lipinski definition) is 3. The van der Waals surface area contributed by atoms with E-state index in [0.29, 0.717) is 13.0 Å². The topological polar surface area (TPSA) is 84.2 Å². The number of amides is 2. The van der Waals surface area contributed by atoms with E-state index in [1.165, 1.54) is 7.05 Å². The predicted molar refractivity (Wildman–Crippen MR) is 54.5 cm³/mol. The summed E-state index contributed by atoms with van der Waals surface area (Å²) in [6.07, 6.45) is 0.359. The van der Waals surface area contributed by atoms with Crippen LogP contribution in [-0.2, 0) is 9.59 Å². The Balaban J connectivity index is 3.88. The number of carbonyl (C=O) groups excluding carboxylic acids is 2. The van der Waals surface area contributed by atoms with Crippen LogP contribution in [-0.4, -0.2) is 31.4 Å². The quantitative estimate of drug-likeness (QED) is 0.545. The van der Waals surface area contributed by atoms with Crippen LogP contribution in [0.4, 0.5) is 0 Å². The molecule has 0 aliphatic heterocycles. The average Bonchev–Trinajstić information content (AvgIpc) is 2.15. The highest BCUT2D eigenvalue weighted by Crippen LogP contribution is 1.98. The van der Waals surface area contributed by atoms with Gasteiger partial charge in [0.25, 0.3) is 0 Å². The maximum absolute atomic E-state index is 11.3. The Morgan fingerprint density at radius 3 is 2.36 bits per heavy atom. The van der Waals surface area contributed by atoms with Crippen molar-refractivity contribution >= 4 is 11.8 Å². The Kier molecular flexibility index (Phi) is 5.87. The monoisotopic (exact) mass is 201 g/mol. The molecule has 5 nitrogen and oxygen atoms in total. The zero-order valence-electron chi connectivity index (χ0n) is 8.96. The number of carbonyl (C=O) groups is 2. The molecule has 0 saturated carbocycles. The molecule has 0 bridgehead atoms. The molecule has 0 aromatic heterocycles. The summed E-state index contributed by atoms with van der Waals surface area (Å²) in [6, 6.07) is -0.488. The Labute approximate surface area is 84.4 Å². The van der Waals surface area contributed by atoms with E-state index in [1.54, 1.807) is 6.92 Å². The molecule has 4 N–H and O–H groups in total. The van der Waals surface area contributed by atoms with Crippen LogP contribution in [0.1, 0.15) is 20.3 Å². The van der Waals surface area contributed by atoms with Crippen LogP contribution in [0.25, 0.3) is 0 Å². The molecule has 0 saturated heterocycles. The van der Waals surface area contributed by atoms with Crippen LogP contribution in [0.2, 0.25) is 0 Å². The molecule has 0 fully saturated rings. The Morgan fingerprint density at radius 1 is 1.36 bits per heavy atom. The van der Waals surface area contributed by atoms with Crippen LogP contribution in [0.3, 0.4) is 0 Å². The molecule has 0 aromatic rings. The lowest BCUT2D eigenvalue weighted by atomic mass is 10.1. The standard InChI is InChI=1S/C9H19N3O2/c1-6(5-10)4-8(13)12-7(2)9(14)11-3/h6-7H,4-5,10H2,1-3H3,(H,11,14)(H,12,13). The van der Waals surface area contributed by atoms with Crippen LogP contribution in [0, 0.1) is 5.92 Å². The second-order valence-electron chi connectivity index (χ2n) is 3.45. The van der Waals surface area contributed by atoms with Crippen molar-refractivity contribution in [1.82, 2.24) is 10.6 Å². The third-order valence-electron chi connectivity index (χ3n) is 1.95. The first-order valence-electron chi connectivity index (χ1n) is 4.72. The zero-order chi connectivity index (χ0) is 11.1. The van der Waals surface area contributed by atoms with E-state index in [-0.39, 0.29) is 17.7 Å². The Morgan fingerprint density at radius 2 is 1.93 bits per heavy atom. The first kappa shape index (κ1) is 12.9. The minimum atomic E-state index is -0.488. The fraction of sp³-hybridized carbons (Fsp3) is 0.778. The second kappa shape index (κ2) is 6.37. The van der Waals surface area contributed by atoms with Crippen LogP contribution in [0.5, 0.6) is 0 Å². The minimum absolute atomic E-state index is 0.140. The van der Waals surface area contributed by atoms with Crippen LogP contribution in [0.15, 0.2) is 0 Å². The number of nitrogens with two attached hydrogens (primary N) is 1. The van der Waals surface area contributed by atoms with Gasteiger partial charge in [0.15, 0.2) is 0 Å². The molecule has 82 valence electrons. The molecule has 14 heavy (non-hydrogen) atoms. The summed E-state index contributed by atoms with van der Waals surface area (Å²) in [4.78, 5) is 22.3. The molecule has 0 rings (SSSR count). The maximum Gasteiger partial charge on any atom is 0.242 e. The summed E-state index contributed by atoms with van der Waals surface area (Å²) < 4.78 is 0. The molecular weight excluding hydrogens is 182 g/mol. The van der Waals surface area contributed by atoms with E-state index < -0.39 is 6.04 Å². The van der Waals surface area contributed by atoms with Crippen LogP contribution >= 0.6 is 0 Å². The molecule has 2 amide bonds. The van der Waals surface area contributed by atoms with Gasteiger partial charge in [0.05, 0.1) is 0 Å². The summed E-state index contributed by atoms with van der Waals surface area (Å²) in [6.45, 7) is 4.01. The lowest BCUT2D eigenvalue weighted by Crippen LogP contribution is -2.44. The highest BCUT2D eigenvalue weighted by molar-refractivity contribution is 5.87. The van der Waals surface area contributed by atoms with Crippen molar-refractivity contribution < 1.29 is 9.59 Å². The van der Waals surface area contributed by atoms with Crippen molar-refractivity contribution in [2.45, 2.75) is 26.3 Å². The zero-order valence-corrected chi connectivity index (χ0v) is 8.96. The summed E-state index contributed by atoms with van der Waals surface area (Å²) in [5.41, 5.74) is 5.38. The third-order valence-corrected chi connectivity index (χ3v) is 1.95. The largest absolute Gasteiger partial charge is 0.357 e. The smallest absolute Gasteiger partial charge is 0.242 e. The van der Waals surface area contributed by atoms with Crippen molar-refractivity contribution in [2.75, 3.05) is 13.6 Å². The van der Waals surface area contributed by atoms with E-state index in [4.69, 9.17) is 5.73 Å². The van der Waals surface area contributed by atoms with Gasteiger partial charge in [-0.15, -0.1) is 0 Å². The van der Waals surface area contributed by atoms with Gasteiger partial charge in [0, 0.05) is 13.5 Å². The van der Waals surface area contributed by atoms with Gasteiger partial charge in [-0.1, -0.05) is 6.92 Å². The van der Waals surface area contributed by atoms with E-state index in [2.05, 4.69) is 10.6 Å². The first-order chi connectivity index (χ1) is 6.51. The normalized spacial score (nSPS) is 14.3. The molecule has 2 unspecified atom stereocenters. The first-order valence-corrected chi connectivity index (χ1v) is 4.72. The van der Waals surface area contributed by atoms with E-state index in [0.717, 1.165) is 0 Å². The fourth-order valence-electron chi connectivity index (χ4n) is 0.982. The number of rotatable bonds is 5. The van der Waals surface area contributed by atoms with Crippen molar-refractivity contribution in [3.05, 3.63) is 0 Å². The number of hydrogen-bond donors (Lipinski definition) is 3. The highest BCUT2D eigenvalue weighted by Gasteiger charge is 2.15. The van der Waals surface area contributed by atoms with Crippen molar-refractivity contribution in [3.63, 3.8) is 0 Å². The van der Waals surface area contributed by atoms with Gasteiger partial charge in [-0.3, -0.25) is 9.59 Å². The van der Waals surface area contributed by atoms with Gasteiger partial charge in [-0.2, -0.15) is 0 Å². The lowest BCUT2D eigenvalue weighted by molar-refractivity contribution is -0.128. The fourth-order valence-corrected chi connectivity index (χ4v) is 0.982. The molecule has 0 aromatic carbocycles. The Bertz CT molecular complexity index is 206. The SMILES string of the molecule is CNC(=O)C(C)NC(=O)CC(C)CN. The van der Waals surface area contributed by atoms with Crippen molar-refractivity contribution in [1.29, 1.82) is 0 Å². The summed E-state index contributed by atoms with van der Waals surface area (Å²) in [5, 5.41) is 5.05. The minimum Gasteiger partial charge on any atom is -0.357 e. The molecule has 5 heteroatoms. The summed E-state index contributed by atoms with van der Waals surface area (Å²) in [5.74, 6) is -0.190.